The highest BCUT2D eigenvalue weighted by Gasteiger charge is 2.57. The van der Waals surface area contributed by atoms with E-state index in [0.29, 0.717) is 5.13 Å². The highest BCUT2D eigenvalue weighted by atomic mass is 32.1. The van der Waals surface area contributed by atoms with Crippen molar-refractivity contribution >= 4 is 28.3 Å². The van der Waals surface area contributed by atoms with E-state index < -0.39 is 17.8 Å². The molecule has 1 aromatic heterocycles. The third-order valence-electron chi connectivity index (χ3n) is 6.54. The number of hydrogen-bond donors (Lipinski definition) is 2. The molecule has 29 heavy (non-hydrogen) atoms. The molecular weight excluding hydrogens is 384 g/mol. The second-order valence-electron chi connectivity index (χ2n) is 8.46. The summed E-state index contributed by atoms with van der Waals surface area (Å²) in [6.07, 6.45) is 1.75. The number of carboxylic acids is 1. The second kappa shape index (κ2) is 7.41. The number of amides is 1. The first-order valence-corrected chi connectivity index (χ1v) is 10.9. The molecule has 2 aliphatic rings. The number of nitrogens with zero attached hydrogens (tertiary/aromatic N) is 1. The Hall–Kier alpha value is -2.47. The normalized spacial score (nSPS) is 25.3. The van der Waals surface area contributed by atoms with E-state index in [0.717, 1.165) is 29.7 Å². The van der Waals surface area contributed by atoms with Crippen LogP contribution in [0.15, 0.2) is 34.7 Å². The van der Waals surface area contributed by atoms with E-state index >= 15 is 0 Å². The van der Waals surface area contributed by atoms with Crippen molar-refractivity contribution in [1.82, 2.24) is 4.98 Å². The number of aliphatic carboxylic acids is 1. The molecule has 6 heteroatoms. The average molecular weight is 411 g/mol. The summed E-state index contributed by atoms with van der Waals surface area (Å²) in [6.45, 7) is 8.18. The van der Waals surface area contributed by atoms with E-state index in [2.05, 4.69) is 36.3 Å². The van der Waals surface area contributed by atoms with Gasteiger partial charge in [0.05, 0.1) is 17.5 Å². The van der Waals surface area contributed by atoms with E-state index in [1.807, 2.05) is 25.3 Å². The Kier molecular flexibility index (Phi) is 5.07. The summed E-state index contributed by atoms with van der Waals surface area (Å²) in [6, 6.07) is 6.18. The summed E-state index contributed by atoms with van der Waals surface area (Å²) < 4.78 is 0. The minimum atomic E-state index is -0.869. The van der Waals surface area contributed by atoms with Gasteiger partial charge in [0.2, 0.25) is 5.91 Å². The standard InChI is InChI=1S/C23H26N2O3S/c1-11(2)18-15-7-8-16(18)20(22(27)28)19(15)21(26)25-23-24-17(10-29-23)14-6-5-12(3)13(4)9-14/h5-6,9-10,15-16,19-20H,7-8H2,1-4H3,(H,27,28)(H,24,25,26)/t15-,16+,19+,20-/m0/s1. The number of nitrogens with one attached hydrogen (secondary N) is 1. The van der Waals surface area contributed by atoms with E-state index in [9.17, 15) is 14.7 Å². The molecule has 2 aliphatic carbocycles. The molecule has 1 aromatic carbocycles. The molecule has 0 unspecified atom stereocenters. The molecule has 4 rings (SSSR count). The van der Waals surface area contributed by atoms with Crippen LogP contribution in [-0.4, -0.2) is 22.0 Å². The summed E-state index contributed by atoms with van der Waals surface area (Å²) in [4.78, 5) is 29.6. The lowest BCUT2D eigenvalue weighted by Crippen LogP contribution is -2.37. The summed E-state index contributed by atoms with van der Waals surface area (Å²) in [5, 5.41) is 15.2. The Morgan fingerprint density at radius 2 is 1.79 bits per heavy atom. The van der Waals surface area contributed by atoms with Crippen molar-refractivity contribution in [2.45, 2.75) is 40.5 Å². The van der Waals surface area contributed by atoms with Gasteiger partial charge >= 0.3 is 5.97 Å². The second-order valence-corrected chi connectivity index (χ2v) is 9.32. The Morgan fingerprint density at radius 1 is 1.10 bits per heavy atom. The van der Waals surface area contributed by atoms with E-state index in [-0.39, 0.29) is 17.7 Å². The number of thiazole rings is 1. The van der Waals surface area contributed by atoms with Gasteiger partial charge in [-0.2, -0.15) is 0 Å². The van der Waals surface area contributed by atoms with Gasteiger partial charge in [-0.3, -0.25) is 9.59 Å². The van der Waals surface area contributed by atoms with Crippen LogP contribution < -0.4 is 5.32 Å². The molecule has 2 fully saturated rings. The zero-order chi connectivity index (χ0) is 20.9. The third-order valence-corrected chi connectivity index (χ3v) is 7.30. The van der Waals surface area contributed by atoms with Crippen molar-refractivity contribution in [2.75, 3.05) is 5.32 Å². The summed E-state index contributed by atoms with van der Waals surface area (Å²) in [7, 11) is 0. The smallest absolute Gasteiger partial charge is 0.307 e. The molecule has 2 saturated carbocycles. The summed E-state index contributed by atoms with van der Waals surface area (Å²) in [5.41, 5.74) is 6.60. The molecule has 0 saturated heterocycles. The van der Waals surface area contributed by atoms with Crippen LogP contribution in [-0.2, 0) is 9.59 Å². The van der Waals surface area contributed by atoms with Crippen LogP contribution in [0, 0.1) is 37.5 Å². The van der Waals surface area contributed by atoms with Gasteiger partial charge in [-0.25, -0.2) is 4.98 Å². The monoisotopic (exact) mass is 410 g/mol. The van der Waals surface area contributed by atoms with Crippen LogP contribution >= 0.6 is 11.3 Å². The molecule has 5 nitrogen and oxygen atoms in total. The molecule has 2 N–H and O–H groups in total. The number of aromatic nitrogens is 1. The van der Waals surface area contributed by atoms with Gasteiger partial charge in [0.15, 0.2) is 5.13 Å². The van der Waals surface area contributed by atoms with Gasteiger partial charge in [-0.05, 0) is 69.6 Å². The molecule has 1 heterocycles. The SMILES string of the molecule is CC(C)=C1[C@H]2CC[C@@H]1[C@@H](C(=O)Nc1nc(-c3ccc(C)c(C)c3)cs1)[C@H]2C(=O)O. The van der Waals surface area contributed by atoms with E-state index in [4.69, 9.17) is 0 Å². The van der Waals surface area contributed by atoms with Crippen molar-refractivity contribution in [1.29, 1.82) is 0 Å². The zero-order valence-corrected chi connectivity index (χ0v) is 18.0. The average Bonchev–Trinajstić information content (AvgIpc) is 3.36. The van der Waals surface area contributed by atoms with Gasteiger partial charge in [-0.1, -0.05) is 23.3 Å². The molecule has 152 valence electrons. The minimum Gasteiger partial charge on any atom is -0.481 e. The number of allylic oxidation sites excluding steroid dienone is 2. The number of anilines is 1. The van der Waals surface area contributed by atoms with Crippen LogP contribution in [0.2, 0.25) is 0 Å². The lowest BCUT2D eigenvalue weighted by Gasteiger charge is -2.25. The number of rotatable bonds is 4. The first kappa shape index (κ1) is 19.8. The highest BCUT2D eigenvalue weighted by molar-refractivity contribution is 7.14. The molecule has 4 atom stereocenters. The van der Waals surface area contributed by atoms with Crippen molar-refractivity contribution in [3.05, 3.63) is 45.9 Å². The molecule has 0 radical (unpaired) electrons. The fraction of sp³-hybridized carbons (Fsp3) is 0.435. The first-order chi connectivity index (χ1) is 13.8. The molecule has 0 aliphatic heterocycles. The Labute approximate surface area is 174 Å². The Bertz CT molecular complexity index is 1020. The Morgan fingerprint density at radius 3 is 2.41 bits per heavy atom. The number of carbonyl (C=O) groups excluding carboxylic acids is 1. The van der Waals surface area contributed by atoms with Crippen molar-refractivity contribution in [3.8, 4) is 11.3 Å². The fourth-order valence-electron chi connectivity index (χ4n) is 5.16. The minimum absolute atomic E-state index is 0.0133. The van der Waals surface area contributed by atoms with Gasteiger partial charge in [-0.15, -0.1) is 11.3 Å². The van der Waals surface area contributed by atoms with Gasteiger partial charge in [0, 0.05) is 10.9 Å². The summed E-state index contributed by atoms with van der Waals surface area (Å²) >= 11 is 1.38. The largest absolute Gasteiger partial charge is 0.481 e. The molecule has 2 bridgehead atoms. The molecule has 0 spiro atoms. The van der Waals surface area contributed by atoms with Crippen LogP contribution in [0.1, 0.15) is 37.8 Å². The maximum Gasteiger partial charge on any atom is 0.307 e. The van der Waals surface area contributed by atoms with Crippen molar-refractivity contribution in [2.24, 2.45) is 23.7 Å². The predicted molar refractivity (Wildman–Crippen MR) is 115 cm³/mol. The number of carboxylic acid groups (broad SMARTS) is 1. The Balaban J connectivity index is 1.57. The quantitative estimate of drug-likeness (QED) is 0.691. The zero-order valence-electron chi connectivity index (χ0n) is 17.2. The van der Waals surface area contributed by atoms with E-state index in [1.54, 1.807) is 0 Å². The maximum absolute atomic E-state index is 13.1. The molecular formula is C23H26N2O3S. The van der Waals surface area contributed by atoms with Crippen molar-refractivity contribution in [3.63, 3.8) is 0 Å². The van der Waals surface area contributed by atoms with Gasteiger partial charge in [0.25, 0.3) is 0 Å². The summed E-state index contributed by atoms with van der Waals surface area (Å²) in [5.74, 6) is -2.23. The van der Waals surface area contributed by atoms with Gasteiger partial charge in [0.1, 0.15) is 0 Å². The topological polar surface area (TPSA) is 79.3 Å². The van der Waals surface area contributed by atoms with Gasteiger partial charge < -0.3 is 10.4 Å². The fourth-order valence-corrected chi connectivity index (χ4v) is 5.88. The number of hydrogen-bond acceptors (Lipinski definition) is 4. The maximum atomic E-state index is 13.1. The van der Waals surface area contributed by atoms with E-state index in [1.165, 1.54) is 28.0 Å². The van der Waals surface area contributed by atoms with Crippen LogP contribution in [0.3, 0.4) is 0 Å². The lowest BCUT2D eigenvalue weighted by molar-refractivity contribution is -0.148. The predicted octanol–water partition coefficient (Wildman–Crippen LogP) is 5.06. The molecule has 2 aromatic rings. The number of benzene rings is 1. The van der Waals surface area contributed by atoms with Crippen molar-refractivity contribution < 1.29 is 14.7 Å². The van der Waals surface area contributed by atoms with Crippen LogP contribution in [0.5, 0.6) is 0 Å². The highest BCUT2D eigenvalue weighted by Crippen LogP contribution is 2.57. The number of fused-ring (bicyclic) bond motifs is 2. The first-order valence-electron chi connectivity index (χ1n) is 10.0. The number of carbonyl (C=O) groups is 2. The van der Waals surface area contributed by atoms with Crippen LogP contribution in [0.4, 0.5) is 5.13 Å². The lowest BCUT2D eigenvalue weighted by atomic mass is 9.79. The number of aryl methyl sites for hydroxylation is 2. The molecule has 1 amide bonds. The van der Waals surface area contributed by atoms with Crippen LogP contribution in [0.25, 0.3) is 11.3 Å². The third kappa shape index (κ3) is 3.39.